The highest BCUT2D eigenvalue weighted by Gasteiger charge is 2.17. The zero-order valence-electron chi connectivity index (χ0n) is 15.5. The van der Waals surface area contributed by atoms with E-state index in [2.05, 4.69) is 15.0 Å². The summed E-state index contributed by atoms with van der Waals surface area (Å²) in [5.41, 5.74) is 1.52. The first kappa shape index (κ1) is 19.2. The van der Waals surface area contributed by atoms with Crippen LogP contribution in [0.3, 0.4) is 0 Å². The SMILES string of the molecule is CCOc1ccc2nc(/N=C/c3nc(-c4cc(Cl)ccc4OC)oc3O)sc2c1. The van der Waals surface area contributed by atoms with E-state index < -0.39 is 0 Å². The molecule has 0 aliphatic rings. The number of benzene rings is 2. The maximum absolute atomic E-state index is 10.1. The summed E-state index contributed by atoms with van der Waals surface area (Å²) in [5.74, 6) is 1.13. The van der Waals surface area contributed by atoms with Gasteiger partial charge in [-0.05, 0) is 43.3 Å². The Morgan fingerprint density at radius 3 is 2.90 bits per heavy atom. The van der Waals surface area contributed by atoms with E-state index in [4.69, 9.17) is 25.5 Å². The Hall–Kier alpha value is -3.10. The standard InChI is InChI=1S/C20H16ClN3O4S/c1-3-27-12-5-6-14-17(9-12)29-20(24-14)22-10-15-19(25)28-18(23-15)13-8-11(21)4-7-16(13)26-2/h4-10,25H,3H2,1-2H3/b22-10+. The van der Waals surface area contributed by atoms with E-state index >= 15 is 0 Å². The molecule has 4 aromatic rings. The summed E-state index contributed by atoms with van der Waals surface area (Å²) in [4.78, 5) is 13.1. The first-order valence-corrected chi connectivity index (χ1v) is 9.88. The van der Waals surface area contributed by atoms with E-state index in [1.807, 2.05) is 25.1 Å². The molecule has 9 heteroatoms. The molecule has 1 N–H and O–H groups in total. The predicted octanol–water partition coefficient (Wildman–Crippen LogP) is 5.47. The van der Waals surface area contributed by atoms with Crippen LogP contribution in [-0.4, -0.2) is 35.0 Å². The lowest BCUT2D eigenvalue weighted by molar-refractivity contribution is 0.335. The topological polar surface area (TPSA) is 90.0 Å². The molecule has 148 valence electrons. The minimum Gasteiger partial charge on any atom is -0.496 e. The van der Waals surface area contributed by atoms with Crippen molar-refractivity contribution in [3.05, 3.63) is 47.1 Å². The van der Waals surface area contributed by atoms with Crippen molar-refractivity contribution in [3.8, 4) is 28.9 Å². The number of aromatic nitrogens is 2. The second-order valence-corrected chi connectivity index (χ2v) is 7.32. The Morgan fingerprint density at radius 2 is 2.10 bits per heavy atom. The lowest BCUT2D eigenvalue weighted by atomic mass is 10.2. The molecule has 7 nitrogen and oxygen atoms in total. The van der Waals surface area contributed by atoms with Crippen LogP contribution in [0.15, 0.2) is 45.8 Å². The van der Waals surface area contributed by atoms with Crippen LogP contribution in [0.1, 0.15) is 12.6 Å². The molecule has 0 saturated carbocycles. The summed E-state index contributed by atoms with van der Waals surface area (Å²) >= 11 is 7.46. The molecule has 0 amide bonds. The normalized spacial score (nSPS) is 11.4. The summed E-state index contributed by atoms with van der Waals surface area (Å²) in [5, 5.41) is 11.1. The number of ether oxygens (including phenoxy) is 2. The van der Waals surface area contributed by atoms with Crippen molar-refractivity contribution in [1.29, 1.82) is 0 Å². The van der Waals surface area contributed by atoms with Gasteiger partial charge in [-0.2, -0.15) is 0 Å². The van der Waals surface area contributed by atoms with Gasteiger partial charge in [-0.1, -0.05) is 22.9 Å². The number of hydrogen-bond donors (Lipinski definition) is 1. The van der Waals surface area contributed by atoms with Crippen LogP contribution in [-0.2, 0) is 0 Å². The third-order valence-electron chi connectivity index (χ3n) is 3.98. The molecule has 0 fully saturated rings. The van der Waals surface area contributed by atoms with Crippen molar-refractivity contribution < 1.29 is 19.0 Å². The molecule has 0 aliphatic heterocycles. The lowest BCUT2D eigenvalue weighted by Crippen LogP contribution is -1.89. The average Bonchev–Trinajstić information content (AvgIpc) is 3.29. The fourth-order valence-corrected chi connectivity index (χ4v) is 3.70. The fraction of sp³-hybridized carbons (Fsp3) is 0.150. The van der Waals surface area contributed by atoms with Crippen LogP contribution in [0.4, 0.5) is 5.13 Å². The second kappa shape index (κ2) is 8.10. The maximum Gasteiger partial charge on any atom is 0.312 e. The fourth-order valence-electron chi connectivity index (χ4n) is 2.69. The van der Waals surface area contributed by atoms with Crippen molar-refractivity contribution in [2.24, 2.45) is 4.99 Å². The third kappa shape index (κ3) is 4.03. The van der Waals surface area contributed by atoms with Crippen molar-refractivity contribution in [1.82, 2.24) is 9.97 Å². The van der Waals surface area contributed by atoms with Crippen LogP contribution >= 0.6 is 22.9 Å². The molecule has 2 aromatic carbocycles. The average molecular weight is 430 g/mol. The van der Waals surface area contributed by atoms with Gasteiger partial charge in [0.25, 0.3) is 0 Å². The van der Waals surface area contributed by atoms with E-state index in [9.17, 15) is 5.11 Å². The van der Waals surface area contributed by atoms with E-state index in [1.54, 1.807) is 18.2 Å². The van der Waals surface area contributed by atoms with Crippen LogP contribution in [0.25, 0.3) is 21.7 Å². The highest BCUT2D eigenvalue weighted by molar-refractivity contribution is 7.22. The van der Waals surface area contributed by atoms with Crippen LogP contribution < -0.4 is 9.47 Å². The van der Waals surface area contributed by atoms with Crippen LogP contribution in [0.2, 0.25) is 5.02 Å². The van der Waals surface area contributed by atoms with E-state index in [0.717, 1.165) is 16.0 Å². The zero-order chi connectivity index (χ0) is 20.4. The molecular weight excluding hydrogens is 414 g/mol. The van der Waals surface area contributed by atoms with Gasteiger partial charge in [0.2, 0.25) is 11.0 Å². The Bertz CT molecular complexity index is 1200. The van der Waals surface area contributed by atoms with Crippen molar-refractivity contribution in [2.75, 3.05) is 13.7 Å². The van der Waals surface area contributed by atoms with Gasteiger partial charge in [0.15, 0.2) is 5.69 Å². The Kier molecular flexibility index (Phi) is 5.37. The van der Waals surface area contributed by atoms with Gasteiger partial charge in [0.1, 0.15) is 11.5 Å². The smallest absolute Gasteiger partial charge is 0.312 e. The van der Waals surface area contributed by atoms with Crippen LogP contribution in [0, 0.1) is 0 Å². The number of oxazole rings is 1. The number of aliphatic imine (C=N–C) groups is 1. The molecule has 0 bridgehead atoms. The summed E-state index contributed by atoms with van der Waals surface area (Å²) in [6, 6.07) is 10.7. The number of hydrogen-bond acceptors (Lipinski definition) is 8. The minimum absolute atomic E-state index is 0.175. The summed E-state index contributed by atoms with van der Waals surface area (Å²) in [7, 11) is 1.53. The van der Waals surface area contributed by atoms with Gasteiger partial charge >= 0.3 is 5.95 Å². The molecule has 2 heterocycles. The number of halogens is 1. The molecular formula is C20H16ClN3O4S. The number of aromatic hydroxyl groups is 1. The van der Waals surface area contributed by atoms with Crippen molar-refractivity contribution in [3.63, 3.8) is 0 Å². The van der Waals surface area contributed by atoms with Gasteiger partial charge in [0.05, 0.1) is 35.7 Å². The highest BCUT2D eigenvalue weighted by atomic mass is 35.5. The van der Waals surface area contributed by atoms with Crippen LogP contribution in [0.5, 0.6) is 17.4 Å². The monoisotopic (exact) mass is 429 g/mol. The molecule has 29 heavy (non-hydrogen) atoms. The molecule has 0 spiro atoms. The Labute approximate surface area is 175 Å². The van der Waals surface area contributed by atoms with E-state index in [0.29, 0.717) is 28.1 Å². The molecule has 0 atom stereocenters. The van der Waals surface area contributed by atoms with Crippen molar-refractivity contribution >= 4 is 44.5 Å². The summed E-state index contributed by atoms with van der Waals surface area (Å²) < 4.78 is 17.1. The van der Waals surface area contributed by atoms with E-state index in [1.165, 1.54) is 24.7 Å². The molecule has 4 rings (SSSR count). The number of methoxy groups -OCH3 is 1. The van der Waals surface area contributed by atoms with E-state index in [-0.39, 0.29) is 17.5 Å². The summed E-state index contributed by atoms with van der Waals surface area (Å²) in [6.07, 6.45) is 1.40. The van der Waals surface area contributed by atoms with Gasteiger partial charge in [-0.15, -0.1) is 0 Å². The van der Waals surface area contributed by atoms with Crippen molar-refractivity contribution in [2.45, 2.75) is 6.92 Å². The number of nitrogens with zero attached hydrogens (tertiary/aromatic N) is 3. The number of rotatable bonds is 6. The molecule has 0 saturated heterocycles. The lowest BCUT2D eigenvalue weighted by Gasteiger charge is -2.04. The predicted molar refractivity (Wildman–Crippen MR) is 113 cm³/mol. The largest absolute Gasteiger partial charge is 0.496 e. The zero-order valence-corrected chi connectivity index (χ0v) is 17.1. The third-order valence-corrected chi connectivity index (χ3v) is 5.14. The van der Waals surface area contributed by atoms with Gasteiger partial charge < -0.3 is 19.0 Å². The molecule has 0 aliphatic carbocycles. The quantitative estimate of drug-likeness (QED) is 0.409. The molecule has 2 aromatic heterocycles. The number of thiazole rings is 1. The minimum atomic E-state index is -0.356. The summed E-state index contributed by atoms with van der Waals surface area (Å²) in [6.45, 7) is 2.53. The number of fused-ring (bicyclic) bond motifs is 1. The Morgan fingerprint density at radius 1 is 1.24 bits per heavy atom. The molecule has 0 unspecified atom stereocenters. The maximum atomic E-state index is 10.1. The van der Waals surface area contributed by atoms with Gasteiger partial charge in [-0.25, -0.2) is 15.0 Å². The Balaban J connectivity index is 1.63. The first-order chi connectivity index (χ1) is 14.1. The molecule has 0 radical (unpaired) electrons. The first-order valence-electron chi connectivity index (χ1n) is 8.68. The van der Waals surface area contributed by atoms with Gasteiger partial charge in [-0.3, -0.25) is 0 Å². The highest BCUT2D eigenvalue weighted by Crippen LogP contribution is 2.35. The van der Waals surface area contributed by atoms with Gasteiger partial charge in [0, 0.05) is 5.02 Å². The second-order valence-electron chi connectivity index (χ2n) is 5.87.